The smallest absolute Gasteiger partial charge is 0.263 e. The van der Waals surface area contributed by atoms with Gasteiger partial charge in [-0.1, -0.05) is 13.3 Å². The fourth-order valence-corrected chi connectivity index (χ4v) is 3.76. The minimum Gasteiger partial charge on any atom is -0.397 e. The van der Waals surface area contributed by atoms with Crippen LogP contribution in [0.25, 0.3) is 10.2 Å². The Balaban J connectivity index is 1.94. The molecule has 2 aromatic heterocycles. The number of amides is 1. The van der Waals surface area contributed by atoms with Crippen LogP contribution in [0.15, 0.2) is 6.07 Å². The van der Waals surface area contributed by atoms with E-state index in [1.165, 1.54) is 11.3 Å². The van der Waals surface area contributed by atoms with Gasteiger partial charge in [-0.2, -0.15) is 0 Å². The fraction of sp³-hybridized carbons (Fsp3) is 0.529. The van der Waals surface area contributed by atoms with Gasteiger partial charge in [-0.25, -0.2) is 4.98 Å². The zero-order valence-electron chi connectivity index (χ0n) is 13.9. The van der Waals surface area contributed by atoms with Crippen molar-refractivity contribution in [3.8, 4) is 0 Å². The van der Waals surface area contributed by atoms with E-state index in [2.05, 4.69) is 26.1 Å². The van der Waals surface area contributed by atoms with Gasteiger partial charge in [0.2, 0.25) is 0 Å². The lowest BCUT2D eigenvalue weighted by Gasteiger charge is -2.30. The number of rotatable bonds is 4. The number of ether oxygens (including phenoxy) is 1. The molecule has 0 spiro atoms. The van der Waals surface area contributed by atoms with Gasteiger partial charge in [0.1, 0.15) is 9.71 Å². The second kappa shape index (κ2) is 6.09. The summed E-state index contributed by atoms with van der Waals surface area (Å²) in [6.45, 7) is 7.44. The van der Waals surface area contributed by atoms with E-state index in [0.29, 0.717) is 23.7 Å². The van der Waals surface area contributed by atoms with Gasteiger partial charge in [0, 0.05) is 23.9 Å². The standard InChI is InChI=1S/C17H23N3O2S/c1-4-5-6-19-15(21)14-13(18)11-7-10-9-22-17(2,3)8-12(10)20-16(11)23-14/h7H,4-6,8-9,18H2,1-3H3,(H,19,21). The van der Waals surface area contributed by atoms with E-state index in [4.69, 9.17) is 15.5 Å². The van der Waals surface area contributed by atoms with Crippen molar-refractivity contribution in [1.82, 2.24) is 10.3 Å². The molecule has 0 bridgehead atoms. The second-order valence-corrected chi connectivity index (χ2v) is 7.63. The molecule has 1 aliphatic heterocycles. The van der Waals surface area contributed by atoms with Crippen molar-refractivity contribution < 1.29 is 9.53 Å². The largest absolute Gasteiger partial charge is 0.397 e. The highest BCUT2D eigenvalue weighted by molar-refractivity contribution is 7.21. The molecular formula is C17H23N3O2S. The summed E-state index contributed by atoms with van der Waals surface area (Å²) in [5, 5.41) is 3.78. The van der Waals surface area contributed by atoms with E-state index in [-0.39, 0.29) is 11.5 Å². The Hall–Kier alpha value is -1.66. The zero-order chi connectivity index (χ0) is 16.6. The van der Waals surface area contributed by atoms with E-state index < -0.39 is 0 Å². The first kappa shape index (κ1) is 16.2. The molecule has 0 aromatic carbocycles. The maximum absolute atomic E-state index is 12.3. The van der Waals surface area contributed by atoms with E-state index in [9.17, 15) is 4.79 Å². The molecule has 23 heavy (non-hydrogen) atoms. The average molecular weight is 333 g/mol. The lowest BCUT2D eigenvalue weighted by molar-refractivity contribution is -0.0411. The van der Waals surface area contributed by atoms with Crippen LogP contribution in [0.4, 0.5) is 5.69 Å². The summed E-state index contributed by atoms with van der Waals surface area (Å²) >= 11 is 1.37. The van der Waals surface area contributed by atoms with Gasteiger partial charge in [0.25, 0.3) is 5.91 Å². The summed E-state index contributed by atoms with van der Waals surface area (Å²) in [5.41, 5.74) is 8.65. The summed E-state index contributed by atoms with van der Waals surface area (Å²) in [7, 11) is 0. The highest BCUT2D eigenvalue weighted by atomic mass is 32.1. The summed E-state index contributed by atoms with van der Waals surface area (Å²) in [6.07, 6.45) is 2.79. The minimum absolute atomic E-state index is 0.103. The van der Waals surface area contributed by atoms with Crippen molar-refractivity contribution >= 4 is 33.1 Å². The number of unbranched alkanes of at least 4 members (excludes halogenated alkanes) is 1. The van der Waals surface area contributed by atoms with Crippen molar-refractivity contribution in [2.45, 2.75) is 52.2 Å². The number of hydrogen-bond acceptors (Lipinski definition) is 5. The number of pyridine rings is 1. The number of carbonyl (C=O) groups excluding carboxylic acids is 1. The zero-order valence-corrected chi connectivity index (χ0v) is 14.7. The minimum atomic E-state index is -0.198. The SMILES string of the molecule is CCCCNC(=O)c1sc2nc3c(cc2c1N)COC(C)(C)C3. The van der Waals surface area contributed by atoms with Gasteiger partial charge in [0.15, 0.2) is 0 Å². The Morgan fingerprint density at radius 3 is 3.04 bits per heavy atom. The lowest BCUT2D eigenvalue weighted by Crippen LogP contribution is -2.32. The normalized spacial score (nSPS) is 16.3. The number of nitrogens with zero attached hydrogens (tertiary/aromatic N) is 1. The Labute approximate surface area is 140 Å². The first-order chi connectivity index (χ1) is 10.9. The Kier molecular flexibility index (Phi) is 4.29. The van der Waals surface area contributed by atoms with Crippen molar-refractivity contribution in [2.75, 3.05) is 12.3 Å². The monoisotopic (exact) mass is 333 g/mol. The summed E-state index contributed by atoms with van der Waals surface area (Å²) in [4.78, 5) is 18.4. The van der Waals surface area contributed by atoms with Gasteiger partial charge < -0.3 is 15.8 Å². The molecule has 0 atom stereocenters. The van der Waals surface area contributed by atoms with Crippen LogP contribution < -0.4 is 11.1 Å². The van der Waals surface area contributed by atoms with Gasteiger partial charge in [-0.05, 0) is 26.3 Å². The van der Waals surface area contributed by atoms with Crippen LogP contribution >= 0.6 is 11.3 Å². The molecule has 2 aromatic rings. The number of fused-ring (bicyclic) bond motifs is 2. The van der Waals surface area contributed by atoms with Crippen LogP contribution in [0, 0.1) is 0 Å². The number of anilines is 1. The molecule has 0 unspecified atom stereocenters. The maximum atomic E-state index is 12.3. The Morgan fingerprint density at radius 1 is 1.52 bits per heavy atom. The third-order valence-electron chi connectivity index (χ3n) is 4.12. The third kappa shape index (κ3) is 3.19. The number of nitrogens with two attached hydrogens (primary N) is 1. The average Bonchev–Trinajstić information content (AvgIpc) is 2.81. The van der Waals surface area contributed by atoms with E-state index in [1.54, 1.807) is 0 Å². The molecule has 0 saturated heterocycles. The van der Waals surface area contributed by atoms with Gasteiger partial charge in [-0.3, -0.25) is 4.79 Å². The quantitative estimate of drug-likeness (QED) is 0.842. The number of carbonyl (C=O) groups is 1. The Bertz CT molecular complexity index is 752. The maximum Gasteiger partial charge on any atom is 0.263 e. The highest BCUT2D eigenvalue weighted by Gasteiger charge is 2.28. The van der Waals surface area contributed by atoms with Gasteiger partial charge in [0.05, 0.1) is 23.6 Å². The van der Waals surface area contributed by atoms with Crippen LogP contribution in [-0.2, 0) is 17.8 Å². The molecule has 124 valence electrons. The van der Waals surface area contributed by atoms with Crippen LogP contribution in [0.3, 0.4) is 0 Å². The molecule has 0 radical (unpaired) electrons. The van der Waals surface area contributed by atoms with Gasteiger partial charge >= 0.3 is 0 Å². The predicted molar refractivity (Wildman–Crippen MR) is 93.8 cm³/mol. The number of hydrogen-bond donors (Lipinski definition) is 2. The van der Waals surface area contributed by atoms with Crippen LogP contribution in [0.2, 0.25) is 0 Å². The van der Waals surface area contributed by atoms with E-state index in [1.807, 2.05) is 6.07 Å². The van der Waals surface area contributed by atoms with Crippen molar-refractivity contribution in [3.05, 3.63) is 22.2 Å². The molecule has 5 nitrogen and oxygen atoms in total. The van der Waals surface area contributed by atoms with Crippen molar-refractivity contribution in [2.24, 2.45) is 0 Å². The number of thiophene rings is 1. The molecule has 6 heteroatoms. The second-order valence-electron chi connectivity index (χ2n) is 6.63. The first-order valence-corrected chi connectivity index (χ1v) is 8.86. The molecule has 0 aliphatic carbocycles. The molecule has 0 fully saturated rings. The van der Waals surface area contributed by atoms with Crippen LogP contribution in [0.1, 0.15) is 54.5 Å². The van der Waals surface area contributed by atoms with Crippen LogP contribution in [0.5, 0.6) is 0 Å². The molecule has 3 heterocycles. The van der Waals surface area contributed by atoms with Crippen molar-refractivity contribution in [1.29, 1.82) is 0 Å². The van der Waals surface area contributed by atoms with Crippen LogP contribution in [-0.4, -0.2) is 23.0 Å². The number of aromatic nitrogens is 1. The third-order valence-corrected chi connectivity index (χ3v) is 5.24. The topological polar surface area (TPSA) is 77.2 Å². The molecule has 3 rings (SSSR count). The molecule has 1 aliphatic rings. The van der Waals surface area contributed by atoms with Crippen molar-refractivity contribution in [3.63, 3.8) is 0 Å². The van der Waals surface area contributed by atoms with E-state index in [0.717, 1.165) is 40.7 Å². The Morgan fingerprint density at radius 2 is 2.30 bits per heavy atom. The summed E-state index contributed by atoms with van der Waals surface area (Å²) in [5.74, 6) is -0.103. The highest BCUT2D eigenvalue weighted by Crippen LogP contribution is 2.36. The predicted octanol–water partition coefficient (Wildman–Crippen LogP) is 3.26. The molecule has 0 saturated carbocycles. The molecule has 1 amide bonds. The number of nitrogen functional groups attached to an aromatic ring is 1. The summed E-state index contributed by atoms with van der Waals surface area (Å²) < 4.78 is 5.84. The molecule has 3 N–H and O–H groups in total. The van der Waals surface area contributed by atoms with E-state index >= 15 is 0 Å². The molecular weight excluding hydrogens is 310 g/mol. The number of nitrogens with one attached hydrogen (secondary N) is 1. The first-order valence-electron chi connectivity index (χ1n) is 8.04. The fourth-order valence-electron chi connectivity index (χ4n) is 2.75. The summed E-state index contributed by atoms with van der Waals surface area (Å²) in [6, 6.07) is 2.03. The van der Waals surface area contributed by atoms with Gasteiger partial charge in [-0.15, -0.1) is 11.3 Å². The lowest BCUT2D eigenvalue weighted by atomic mass is 9.95.